The van der Waals surface area contributed by atoms with E-state index in [-0.39, 0.29) is 5.91 Å². The van der Waals surface area contributed by atoms with Gasteiger partial charge in [-0.15, -0.1) is 11.3 Å². The van der Waals surface area contributed by atoms with Crippen molar-refractivity contribution < 1.29 is 9.21 Å². The van der Waals surface area contributed by atoms with E-state index in [0.717, 1.165) is 6.42 Å². The van der Waals surface area contributed by atoms with Crippen LogP contribution in [0, 0.1) is 6.92 Å². The Hall–Kier alpha value is -1.73. The molecule has 0 saturated carbocycles. The standard InChI is InChI=1S/C13H17N3O3S/c1-3-4-8-16-12-9(13(18)19-8)7(2)10(20-12)11(17)15-6-5-14/h3-6,14H2,1-2H3,(H,15,17). The van der Waals surface area contributed by atoms with E-state index in [0.29, 0.717) is 46.1 Å². The fourth-order valence-corrected chi connectivity index (χ4v) is 3.01. The van der Waals surface area contributed by atoms with Crippen LogP contribution in [0.4, 0.5) is 0 Å². The molecule has 0 radical (unpaired) electrons. The lowest BCUT2D eigenvalue weighted by Gasteiger charge is -2.01. The largest absolute Gasteiger partial charge is 0.408 e. The van der Waals surface area contributed by atoms with Crippen LogP contribution in [0.25, 0.3) is 10.2 Å². The van der Waals surface area contributed by atoms with Gasteiger partial charge < -0.3 is 15.5 Å². The number of amides is 1. The van der Waals surface area contributed by atoms with Gasteiger partial charge in [0.2, 0.25) is 0 Å². The van der Waals surface area contributed by atoms with Crippen LogP contribution in [0.1, 0.15) is 34.5 Å². The summed E-state index contributed by atoms with van der Waals surface area (Å²) in [5.41, 5.74) is 5.55. The second-order valence-corrected chi connectivity index (χ2v) is 5.43. The third-order valence-corrected chi connectivity index (χ3v) is 4.05. The van der Waals surface area contributed by atoms with Gasteiger partial charge in [0.05, 0.1) is 4.88 Å². The lowest BCUT2D eigenvalue weighted by Crippen LogP contribution is -2.28. The Labute approximate surface area is 120 Å². The minimum Gasteiger partial charge on any atom is -0.408 e. The van der Waals surface area contributed by atoms with Crippen molar-refractivity contribution in [2.24, 2.45) is 5.73 Å². The van der Waals surface area contributed by atoms with Gasteiger partial charge >= 0.3 is 5.63 Å². The molecule has 0 fully saturated rings. The molecule has 0 aromatic carbocycles. The lowest BCUT2D eigenvalue weighted by atomic mass is 10.2. The summed E-state index contributed by atoms with van der Waals surface area (Å²) in [6, 6.07) is 0. The molecule has 0 saturated heterocycles. The molecule has 0 bridgehead atoms. The number of aryl methyl sites for hydroxylation is 2. The lowest BCUT2D eigenvalue weighted by molar-refractivity contribution is 0.0958. The van der Waals surface area contributed by atoms with Gasteiger partial charge in [0.25, 0.3) is 5.91 Å². The first-order chi connectivity index (χ1) is 9.58. The molecule has 0 aliphatic carbocycles. The van der Waals surface area contributed by atoms with Crippen LogP contribution in [0.15, 0.2) is 9.21 Å². The number of carbonyl (C=O) groups is 1. The molecule has 2 aromatic rings. The van der Waals surface area contributed by atoms with Gasteiger partial charge in [-0.2, -0.15) is 0 Å². The summed E-state index contributed by atoms with van der Waals surface area (Å²) < 4.78 is 5.17. The SMILES string of the molecule is CCCc1nc2sc(C(=O)NCCN)c(C)c2c(=O)o1. The molecular formula is C13H17N3O3S. The number of carbonyl (C=O) groups excluding carboxylic acids is 1. The molecule has 20 heavy (non-hydrogen) atoms. The quantitative estimate of drug-likeness (QED) is 0.863. The molecule has 2 aromatic heterocycles. The van der Waals surface area contributed by atoms with Crippen molar-refractivity contribution in [1.82, 2.24) is 10.3 Å². The molecule has 0 atom stereocenters. The van der Waals surface area contributed by atoms with E-state index < -0.39 is 5.63 Å². The van der Waals surface area contributed by atoms with Crippen molar-refractivity contribution in [3.8, 4) is 0 Å². The highest BCUT2D eigenvalue weighted by molar-refractivity contribution is 7.20. The van der Waals surface area contributed by atoms with Gasteiger partial charge in [0.1, 0.15) is 10.2 Å². The number of hydrogen-bond acceptors (Lipinski definition) is 6. The predicted molar refractivity (Wildman–Crippen MR) is 78.3 cm³/mol. The molecule has 108 valence electrons. The Morgan fingerprint density at radius 3 is 2.90 bits per heavy atom. The van der Waals surface area contributed by atoms with Crippen molar-refractivity contribution in [3.63, 3.8) is 0 Å². The van der Waals surface area contributed by atoms with E-state index >= 15 is 0 Å². The maximum atomic E-state index is 12.0. The number of nitrogens with two attached hydrogens (primary N) is 1. The Morgan fingerprint density at radius 1 is 1.50 bits per heavy atom. The highest BCUT2D eigenvalue weighted by Gasteiger charge is 2.19. The Bertz CT molecular complexity index is 690. The minimum atomic E-state index is -0.426. The molecule has 7 heteroatoms. The first-order valence-corrected chi connectivity index (χ1v) is 7.31. The predicted octanol–water partition coefficient (Wildman–Crippen LogP) is 1.20. The highest BCUT2D eigenvalue weighted by Crippen LogP contribution is 2.27. The third-order valence-electron chi connectivity index (χ3n) is 2.87. The average Bonchev–Trinajstić information content (AvgIpc) is 2.74. The first kappa shape index (κ1) is 14.7. The number of nitrogens with zero attached hydrogens (tertiary/aromatic N) is 1. The number of rotatable bonds is 5. The summed E-state index contributed by atoms with van der Waals surface area (Å²) in [5, 5.41) is 3.09. The van der Waals surface area contributed by atoms with Crippen LogP contribution in [0.2, 0.25) is 0 Å². The minimum absolute atomic E-state index is 0.229. The summed E-state index contributed by atoms with van der Waals surface area (Å²) in [6.45, 7) is 4.48. The van der Waals surface area contributed by atoms with Crippen molar-refractivity contribution in [1.29, 1.82) is 0 Å². The fraction of sp³-hybridized carbons (Fsp3) is 0.462. The first-order valence-electron chi connectivity index (χ1n) is 6.49. The monoisotopic (exact) mass is 295 g/mol. The van der Waals surface area contributed by atoms with Gasteiger partial charge in [-0.3, -0.25) is 4.79 Å². The van der Waals surface area contributed by atoms with Gasteiger partial charge in [-0.25, -0.2) is 9.78 Å². The van der Waals surface area contributed by atoms with Crippen LogP contribution >= 0.6 is 11.3 Å². The van der Waals surface area contributed by atoms with Gasteiger partial charge in [-0.1, -0.05) is 6.92 Å². The summed E-state index contributed by atoms with van der Waals surface area (Å²) in [5.74, 6) is 0.188. The highest BCUT2D eigenvalue weighted by atomic mass is 32.1. The van der Waals surface area contributed by atoms with E-state index in [2.05, 4.69) is 10.3 Å². The zero-order chi connectivity index (χ0) is 14.7. The van der Waals surface area contributed by atoms with E-state index in [4.69, 9.17) is 10.2 Å². The molecule has 6 nitrogen and oxygen atoms in total. The summed E-state index contributed by atoms with van der Waals surface area (Å²) >= 11 is 1.21. The number of thiophene rings is 1. The van der Waals surface area contributed by atoms with Crippen LogP contribution in [-0.4, -0.2) is 24.0 Å². The van der Waals surface area contributed by atoms with E-state index in [1.54, 1.807) is 6.92 Å². The molecule has 2 rings (SSSR count). The number of nitrogens with one attached hydrogen (secondary N) is 1. The van der Waals surface area contributed by atoms with E-state index in [1.807, 2.05) is 6.92 Å². The maximum absolute atomic E-state index is 12.0. The van der Waals surface area contributed by atoms with Crippen LogP contribution in [-0.2, 0) is 6.42 Å². The Balaban J connectivity index is 2.49. The fourth-order valence-electron chi connectivity index (χ4n) is 1.91. The average molecular weight is 295 g/mol. The molecule has 2 heterocycles. The number of fused-ring (bicyclic) bond motifs is 1. The molecular weight excluding hydrogens is 278 g/mol. The van der Waals surface area contributed by atoms with E-state index in [9.17, 15) is 9.59 Å². The smallest absolute Gasteiger partial charge is 0.348 e. The molecule has 3 N–H and O–H groups in total. The summed E-state index contributed by atoms with van der Waals surface area (Å²) in [4.78, 5) is 29.4. The molecule has 0 unspecified atom stereocenters. The van der Waals surface area contributed by atoms with Crippen molar-refractivity contribution in [2.75, 3.05) is 13.1 Å². The second-order valence-electron chi connectivity index (χ2n) is 4.43. The summed E-state index contributed by atoms with van der Waals surface area (Å²) in [6.07, 6.45) is 1.45. The van der Waals surface area contributed by atoms with Gasteiger partial charge in [0.15, 0.2) is 5.89 Å². The topological polar surface area (TPSA) is 98.2 Å². The second kappa shape index (κ2) is 6.15. The van der Waals surface area contributed by atoms with Crippen LogP contribution in [0.5, 0.6) is 0 Å². The number of aromatic nitrogens is 1. The number of hydrogen-bond donors (Lipinski definition) is 2. The van der Waals surface area contributed by atoms with Crippen molar-refractivity contribution in [2.45, 2.75) is 26.7 Å². The summed E-state index contributed by atoms with van der Waals surface area (Å²) in [7, 11) is 0. The van der Waals surface area contributed by atoms with Gasteiger partial charge in [0, 0.05) is 19.5 Å². The van der Waals surface area contributed by atoms with E-state index in [1.165, 1.54) is 11.3 Å². The zero-order valence-corrected chi connectivity index (χ0v) is 12.3. The zero-order valence-electron chi connectivity index (χ0n) is 11.5. The third kappa shape index (κ3) is 2.73. The molecule has 1 amide bonds. The molecule has 0 aliphatic heterocycles. The van der Waals surface area contributed by atoms with Crippen molar-refractivity contribution in [3.05, 3.63) is 26.8 Å². The molecule has 0 spiro atoms. The Kier molecular flexibility index (Phi) is 4.51. The normalized spacial score (nSPS) is 10.9. The van der Waals surface area contributed by atoms with Crippen LogP contribution < -0.4 is 16.7 Å². The molecule has 0 aliphatic rings. The van der Waals surface area contributed by atoms with Crippen molar-refractivity contribution >= 4 is 27.5 Å². The maximum Gasteiger partial charge on any atom is 0.348 e. The van der Waals surface area contributed by atoms with Crippen LogP contribution in [0.3, 0.4) is 0 Å². The van der Waals surface area contributed by atoms with Gasteiger partial charge in [-0.05, 0) is 18.9 Å². The Morgan fingerprint density at radius 2 is 2.25 bits per heavy atom.